The summed E-state index contributed by atoms with van der Waals surface area (Å²) in [4.78, 5) is 3.83. The lowest BCUT2D eigenvalue weighted by Gasteiger charge is -2.13. The van der Waals surface area contributed by atoms with Crippen molar-refractivity contribution in [3.05, 3.63) is 35.4 Å². The molecule has 0 saturated carbocycles. The third kappa shape index (κ3) is 6.09. The lowest BCUT2D eigenvalue weighted by molar-refractivity contribution is -0.132. The molecular weight excluding hydrogens is 269 g/mol. The Labute approximate surface area is 115 Å². The molecule has 20 heavy (non-hydrogen) atoms. The molecule has 4 nitrogen and oxygen atoms in total. The highest BCUT2D eigenvalue weighted by atomic mass is 19.4. The van der Waals surface area contributed by atoms with E-state index >= 15 is 0 Å². The summed E-state index contributed by atoms with van der Waals surface area (Å²) in [5, 5.41) is 14.1. The van der Waals surface area contributed by atoms with Gasteiger partial charge in [-0.15, -0.1) is 0 Å². The third-order valence-electron chi connectivity index (χ3n) is 2.47. The minimum Gasteiger partial charge on any atom is -0.356 e. The van der Waals surface area contributed by atoms with Gasteiger partial charge in [0.2, 0.25) is 0 Å². The monoisotopic (exact) mass is 284 g/mol. The Balaban J connectivity index is 2.39. The van der Waals surface area contributed by atoms with Crippen LogP contribution in [0.4, 0.5) is 13.2 Å². The first-order chi connectivity index (χ1) is 9.44. The molecule has 0 aliphatic heterocycles. The predicted octanol–water partition coefficient (Wildman–Crippen LogP) is 2.18. The molecule has 1 aromatic carbocycles. The molecule has 0 bridgehead atoms. The maximum Gasteiger partial charge on any atom is 0.390 e. The Hall–Kier alpha value is -2.23. The largest absolute Gasteiger partial charge is 0.390 e. The Bertz CT molecular complexity index is 486. The van der Waals surface area contributed by atoms with Crippen molar-refractivity contribution in [2.75, 3.05) is 13.6 Å². The molecule has 0 aliphatic carbocycles. The second-order valence-electron chi connectivity index (χ2n) is 4.03. The quantitative estimate of drug-likeness (QED) is 0.658. The number of benzene rings is 1. The fourth-order valence-electron chi connectivity index (χ4n) is 1.43. The molecular formula is C13H15F3N4. The first-order valence-electron chi connectivity index (χ1n) is 5.95. The van der Waals surface area contributed by atoms with E-state index in [1.54, 1.807) is 24.3 Å². The van der Waals surface area contributed by atoms with Gasteiger partial charge in [-0.25, -0.2) is 0 Å². The van der Waals surface area contributed by atoms with E-state index in [1.165, 1.54) is 7.05 Å². The van der Waals surface area contributed by atoms with E-state index in [2.05, 4.69) is 15.6 Å². The zero-order valence-electron chi connectivity index (χ0n) is 11.0. The second kappa shape index (κ2) is 7.38. The SMILES string of the molecule is CN=C(NCCC(F)(F)F)NCc1ccc(C#N)cc1. The van der Waals surface area contributed by atoms with Crippen LogP contribution in [-0.4, -0.2) is 25.7 Å². The van der Waals surface area contributed by atoms with Crippen LogP contribution in [0.1, 0.15) is 17.5 Å². The van der Waals surface area contributed by atoms with Gasteiger partial charge in [0.1, 0.15) is 0 Å². The highest BCUT2D eigenvalue weighted by Gasteiger charge is 2.26. The fourth-order valence-corrected chi connectivity index (χ4v) is 1.43. The molecule has 1 aromatic rings. The van der Waals surface area contributed by atoms with Crippen molar-refractivity contribution < 1.29 is 13.2 Å². The molecule has 0 amide bonds. The number of rotatable bonds is 4. The molecule has 0 saturated heterocycles. The summed E-state index contributed by atoms with van der Waals surface area (Å²) in [7, 11) is 1.49. The third-order valence-corrected chi connectivity index (χ3v) is 2.47. The molecule has 0 atom stereocenters. The Morgan fingerprint density at radius 1 is 1.25 bits per heavy atom. The van der Waals surface area contributed by atoms with Gasteiger partial charge < -0.3 is 10.6 Å². The van der Waals surface area contributed by atoms with E-state index in [4.69, 9.17) is 5.26 Å². The summed E-state index contributed by atoms with van der Waals surface area (Å²) in [6.07, 6.45) is -5.09. The number of nitriles is 1. The summed E-state index contributed by atoms with van der Waals surface area (Å²) in [5.74, 6) is 0.304. The highest BCUT2D eigenvalue weighted by molar-refractivity contribution is 5.79. The zero-order valence-corrected chi connectivity index (χ0v) is 11.0. The fraction of sp³-hybridized carbons (Fsp3) is 0.385. The van der Waals surface area contributed by atoms with Crippen LogP contribution >= 0.6 is 0 Å². The topological polar surface area (TPSA) is 60.2 Å². The first-order valence-corrected chi connectivity index (χ1v) is 5.95. The van der Waals surface area contributed by atoms with Gasteiger partial charge >= 0.3 is 6.18 Å². The smallest absolute Gasteiger partial charge is 0.356 e. The van der Waals surface area contributed by atoms with E-state index < -0.39 is 12.6 Å². The number of nitrogens with one attached hydrogen (secondary N) is 2. The van der Waals surface area contributed by atoms with Gasteiger partial charge in [0.15, 0.2) is 5.96 Å². The summed E-state index contributed by atoms with van der Waals surface area (Å²) >= 11 is 0. The van der Waals surface area contributed by atoms with E-state index in [-0.39, 0.29) is 6.54 Å². The van der Waals surface area contributed by atoms with Gasteiger partial charge in [-0.3, -0.25) is 4.99 Å². The van der Waals surface area contributed by atoms with Crippen LogP contribution in [0.25, 0.3) is 0 Å². The van der Waals surface area contributed by atoms with Gasteiger partial charge in [-0.05, 0) is 17.7 Å². The van der Waals surface area contributed by atoms with Crippen molar-refractivity contribution in [3.63, 3.8) is 0 Å². The second-order valence-corrected chi connectivity index (χ2v) is 4.03. The van der Waals surface area contributed by atoms with Gasteiger partial charge in [0.25, 0.3) is 0 Å². The molecule has 0 aromatic heterocycles. The molecule has 108 valence electrons. The highest BCUT2D eigenvalue weighted by Crippen LogP contribution is 2.18. The van der Waals surface area contributed by atoms with Gasteiger partial charge in [0.05, 0.1) is 18.1 Å². The number of hydrogen-bond acceptors (Lipinski definition) is 2. The van der Waals surface area contributed by atoms with Crippen molar-refractivity contribution in [3.8, 4) is 6.07 Å². The van der Waals surface area contributed by atoms with Crippen LogP contribution < -0.4 is 10.6 Å². The molecule has 0 aliphatic rings. The molecule has 0 unspecified atom stereocenters. The average molecular weight is 284 g/mol. The maximum absolute atomic E-state index is 12.0. The molecule has 0 radical (unpaired) electrons. The summed E-state index contributed by atoms with van der Waals surface area (Å²) < 4.78 is 36.0. The van der Waals surface area contributed by atoms with Gasteiger partial charge in [-0.2, -0.15) is 18.4 Å². The van der Waals surface area contributed by atoms with Crippen molar-refractivity contribution in [2.45, 2.75) is 19.1 Å². The number of aliphatic imine (C=N–C) groups is 1. The number of guanidine groups is 1. The average Bonchev–Trinajstić information content (AvgIpc) is 2.42. The van der Waals surface area contributed by atoms with Gasteiger partial charge in [-0.1, -0.05) is 12.1 Å². The van der Waals surface area contributed by atoms with E-state index in [0.29, 0.717) is 18.1 Å². The van der Waals surface area contributed by atoms with Crippen LogP contribution in [0.3, 0.4) is 0 Å². The Morgan fingerprint density at radius 3 is 2.40 bits per heavy atom. The molecule has 0 spiro atoms. The molecule has 1 rings (SSSR count). The van der Waals surface area contributed by atoms with Gasteiger partial charge in [0, 0.05) is 20.1 Å². The Kier molecular flexibility index (Phi) is 5.84. The Morgan fingerprint density at radius 2 is 1.90 bits per heavy atom. The maximum atomic E-state index is 12.0. The molecule has 0 heterocycles. The zero-order chi connectivity index (χ0) is 15.0. The minimum atomic E-state index is -4.18. The van der Waals surface area contributed by atoms with Crippen LogP contribution in [-0.2, 0) is 6.54 Å². The number of halogens is 3. The first kappa shape index (κ1) is 15.8. The molecule has 7 heteroatoms. The minimum absolute atomic E-state index is 0.226. The van der Waals surface area contributed by atoms with E-state index in [1.807, 2.05) is 6.07 Å². The van der Waals surface area contributed by atoms with Crippen LogP contribution in [0.5, 0.6) is 0 Å². The predicted molar refractivity (Wildman–Crippen MR) is 70.0 cm³/mol. The van der Waals surface area contributed by atoms with E-state index in [0.717, 1.165) is 5.56 Å². The van der Waals surface area contributed by atoms with Crippen molar-refractivity contribution in [1.82, 2.24) is 10.6 Å². The number of hydrogen-bond donors (Lipinski definition) is 2. The number of nitrogens with zero attached hydrogens (tertiary/aromatic N) is 2. The normalized spacial score (nSPS) is 11.8. The van der Waals surface area contributed by atoms with Crippen molar-refractivity contribution >= 4 is 5.96 Å². The van der Waals surface area contributed by atoms with E-state index in [9.17, 15) is 13.2 Å². The summed E-state index contributed by atoms with van der Waals surface area (Å²) in [5.41, 5.74) is 1.46. The van der Waals surface area contributed by atoms with Crippen LogP contribution in [0.15, 0.2) is 29.3 Å². The number of alkyl halides is 3. The standard InChI is InChI=1S/C13H15F3N4/c1-18-12(19-7-6-13(14,15)16)20-9-11-4-2-10(8-17)3-5-11/h2-5H,6-7,9H2,1H3,(H2,18,19,20). The van der Waals surface area contributed by atoms with Crippen LogP contribution in [0, 0.1) is 11.3 Å². The lowest BCUT2D eigenvalue weighted by Crippen LogP contribution is -2.38. The molecule has 2 N–H and O–H groups in total. The van der Waals surface area contributed by atoms with Crippen LogP contribution in [0.2, 0.25) is 0 Å². The van der Waals surface area contributed by atoms with Crippen molar-refractivity contribution in [1.29, 1.82) is 5.26 Å². The molecule has 0 fully saturated rings. The van der Waals surface area contributed by atoms with Crippen molar-refractivity contribution in [2.24, 2.45) is 4.99 Å². The summed E-state index contributed by atoms with van der Waals surface area (Å²) in [6.45, 7) is 0.188. The lowest BCUT2D eigenvalue weighted by atomic mass is 10.1. The summed E-state index contributed by atoms with van der Waals surface area (Å²) in [6, 6.07) is 8.91.